The number of aromatic nitrogens is 1. The van der Waals surface area contributed by atoms with Crippen LogP contribution in [0.25, 0.3) is 0 Å². The molecule has 1 N–H and O–H groups in total. The minimum absolute atomic E-state index is 0.0211. The smallest absolute Gasteiger partial charge is 0.224 e. The van der Waals surface area contributed by atoms with E-state index in [2.05, 4.69) is 10.5 Å². The number of hydrogen-bond donors (Lipinski definition) is 1. The first-order valence-corrected chi connectivity index (χ1v) is 9.06. The third-order valence-corrected chi connectivity index (χ3v) is 4.43. The number of hydrogen-bond acceptors (Lipinski definition) is 4. The molecule has 0 fully saturated rings. The van der Waals surface area contributed by atoms with Crippen LogP contribution in [0.5, 0.6) is 5.75 Å². The van der Waals surface area contributed by atoms with Gasteiger partial charge in [-0.05, 0) is 43.5 Å². The lowest BCUT2D eigenvalue weighted by atomic mass is 10.1. The Kier molecular flexibility index (Phi) is 6.26. The maximum absolute atomic E-state index is 12.1. The Labute approximate surface area is 159 Å². The van der Waals surface area contributed by atoms with Crippen molar-refractivity contribution in [3.05, 3.63) is 82.7 Å². The van der Waals surface area contributed by atoms with Crippen LogP contribution in [-0.4, -0.2) is 17.6 Å². The first-order chi connectivity index (χ1) is 13.1. The van der Waals surface area contributed by atoms with Gasteiger partial charge in [-0.15, -0.1) is 0 Å². The van der Waals surface area contributed by atoms with Crippen LogP contribution >= 0.6 is 0 Å². The molecule has 1 aromatic heterocycles. The van der Waals surface area contributed by atoms with Gasteiger partial charge in [0, 0.05) is 12.1 Å². The molecule has 0 saturated carbocycles. The quantitative estimate of drug-likeness (QED) is 0.661. The van der Waals surface area contributed by atoms with Crippen molar-refractivity contribution in [3.8, 4) is 5.75 Å². The largest absolute Gasteiger partial charge is 0.489 e. The molecular weight excluding hydrogens is 340 g/mol. The Hall–Kier alpha value is -3.08. The molecule has 0 spiro atoms. The molecule has 0 aliphatic rings. The standard InChI is InChI=1S/C22H24N2O3/c1-16-21(17(2)27-24-16)14-22(25)23-13-12-18-8-10-20(11-9-18)26-15-19-6-4-3-5-7-19/h3-11H,12-15H2,1-2H3,(H,23,25). The molecular formula is C22H24N2O3. The molecule has 2 aromatic carbocycles. The van der Waals surface area contributed by atoms with Gasteiger partial charge in [0.15, 0.2) is 0 Å². The van der Waals surface area contributed by atoms with Crippen LogP contribution in [0.4, 0.5) is 0 Å². The lowest BCUT2D eigenvalue weighted by Gasteiger charge is -2.08. The summed E-state index contributed by atoms with van der Waals surface area (Å²) < 4.78 is 10.9. The molecule has 27 heavy (non-hydrogen) atoms. The van der Waals surface area contributed by atoms with E-state index in [0.29, 0.717) is 25.3 Å². The molecule has 1 amide bonds. The van der Waals surface area contributed by atoms with Gasteiger partial charge in [-0.3, -0.25) is 4.79 Å². The van der Waals surface area contributed by atoms with Crippen molar-refractivity contribution in [1.29, 1.82) is 0 Å². The highest BCUT2D eigenvalue weighted by molar-refractivity contribution is 5.79. The lowest BCUT2D eigenvalue weighted by Crippen LogP contribution is -2.27. The average molecular weight is 364 g/mol. The Morgan fingerprint density at radius 2 is 1.78 bits per heavy atom. The molecule has 0 bridgehead atoms. The number of amides is 1. The summed E-state index contributed by atoms with van der Waals surface area (Å²) in [7, 11) is 0. The molecule has 3 aromatic rings. The van der Waals surface area contributed by atoms with Crippen LogP contribution in [0.2, 0.25) is 0 Å². The normalized spacial score (nSPS) is 10.6. The van der Waals surface area contributed by atoms with Crippen LogP contribution < -0.4 is 10.1 Å². The number of ether oxygens (including phenoxy) is 1. The predicted octanol–water partition coefficient (Wildman–Crippen LogP) is 3.77. The summed E-state index contributed by atoms with van der Waals surface area (Å²) in [5, 5.41) is 6.82. The average Bonchev–Trinajstić information content (AvgIpc) is 3.00. The highest BCUT2D eigenvalue weighted by Gasteiger charge is 2.12. The van der Waals surface area contributed by atoms with Crippen molar-refractivity contribution < 1.29 is 14.1 Å². The molecule has 0 aliphatic heterocycles. The van der Waals surface area contributed by atoms with Crippen LogP contribution in [0.1, 0.15) is 28.1 Å². The van der Waals surface area contributed by atoms with Crippen molar-refractivity contribution in [3.63, 3.8) is 0 Å². The molecule has 0 aliphatic carbocycles. The second-order valence-electron chi connectivity index (χ2n) is 6.50. The molecule has 140 valence electrons. The molecule has 0 atom stereocenters. The third kappa shape index (κ3) is 5.45. The Morgan fingerprint density at radius 1 is 1.04 bits per heavy atom. The van der Waals surface area contributed by atoms with E-state index in [1.54, 1.807) is 0 Å². The molecule has 0 saturated heterocycles. The van der Waals surface area contributed by atoms with E-state index < -0.39 is 0 Å². The molecule has 3 rings (SSSR count). The summed E-state index contributed by atoms with van der Waals surface area (Å²) in [5.74, 6) is 1.52. The predicted molar refractivity (Wildman–Crippen MR) is 104 cm³/mol. The summed E-state index contributed by atoms with van der Waals surface area (Å²) in [6.07, 6.45) is 1.07. The Balaban J connectivity index is 1.41. The zero-order valence-corrected chi connectivity index (χ0v) is 15.7. The summed E-state index contributed by atoms with van der Waals surface area (Å²) in [5.41, 5.74) is 3.93. The fourth-order valence-corrected chi connectivity index (χ4v) is 2.82. The maximum Gasteiger partial charge on any atom is 0.224 e. The monoisotopic (exact) mass is 364 g/mol. The van der Waals surface area contributed by atoms with Crippen LogP contribution in [0.15, 0.2) is 59.1 Å². The van der Waals surface area contributed by atoms with E-state index in [9.17, 15) is 4.79 Å². The van der Waals surface area contributed by atoms with Crippen LogP contribution in [0.3, 0.4) is 0 Å². The first kappa shape index (κ1) is 18.7. The molecule has 0 radical (unpaired) electrons. The molecule has 0 unspecified atom stereocenters. The zero-order chi connectivity index (χ0) is 19.1. The lowest BCUT2D eigenvalue weighted by molar-refractivity contribution is -0.120. The highest BCUT2D eigenvalue weighted by atomic mass is 16.5. The van der Waals surface area contributed by atoms with Gasteiger partial charge in [0.2, 0.25) is 5.91 Å². The summed E-state index contributed by atoms with van der Waals surface area (Å²) in [6, 6.07) is 18.1. The summed E-state index contributed by atoms with van der Waals surface area (Å²) in [4.78, 5) is 12.1. The van der Waals surface area contributed by atoms with Gasteiger partial charge in [0.05, 0.1) is 12.1 Å². The Morgan fingerprint density at radius 3 is 2.44 bits per heavy atom. The van der Waals surface area contributed by atoms with E-state index in [4.69, 9.17) is 9.26 Å². The van der Waals surface area contributed by atoms with Crippen molar-refractivity contribution in [1.82, 2.24) is 10.5 Å². The van der Waals surface area contributed by atoms with Crippen molar-refractivity contribution >= 4 is 5.91 Å². The van der Waals surface area contributed by atoms with Gasteiger partial charge >= 0.3 is 0 Å². The van der Waals surface area contributed by atoms with E-state index >= 15 is 0 Å². The third-order valence-electron chi connectivity index (χ3n) is 4.43. The maximum atomic E-state index is 12.1. The van der Waals surface area contributed by atoms with E-state index in [1.807, 2.05) is 68.4 Å². The van der Waals surface area contributed by atoms with Gasteiger partial charge < -0.3 is 14.6 Å². The number of nitrogens with one attached hydrogen (secondary N) is 1. The molecule has 5 heteroatoms. The van der Waals surface area contributed by atoms with Gasteiger partial charge in [0.1, 0.15) is 18.1 Å². The number of carbonyl (C=O) groups excluding carboxylic acids is 1. The second kappa shape index (κ2) is 9.03. The van der Waals surface area contributed by atoms with Crippen LogP contribution in [0, 0.1) is 13.8 Å². The van der Waals surface area contributed by atoms with Gasteiger partial charge in [-0.2, -0.15) is 0 Å². The van der Waals surface area contributed by atoms with Crippen molar-refractivity contribution in [2.45, 2.75) is 33.3 Å². The first-order valence-electron chi connectivity index (χ1n) is 9.06. The molecule has 5 nitrogen and oxygen atoms in total. The van der Waals surface area contributed by atoms with E-state index in [-0.39, 0.29) is 5.91 Å². The van der Waals surface area contributed by atoms with Gasteiger partial charge in [-0.25, -0.2) is 0 Å². The fraction of sp³-hybridized carbons (Fsp3) is 0.273. The minimum Gasteiger partial charge on any atom is -0.489 e. The number of benzene rings is 2. The molecule has 1 heterocycles. The van der Waals surface area contributed by atoms with Crippen molar-refractivity contribution in [2.24, 2.45) is 0 Å². The minimum atomic E-state index is -0.0211. The van der Waals surface area contributed by atoms with Gasteiger partial charge in [0.25, 0.3) is 0 Å². The highest BCUT2D eigenvalue weighted by Crippen LogP contribution is 2.15. The number of nitrogens with zero attached hydrogens (tertiary/aromatic N) is 1. The number of carbonyl (C=O) groups is 1. The van der Waals surface area contributed by atoms with Gasteiger partial charge in [-0.1, -0.05) is 47.6 Å². The topological polar surface area (TPSA) is 64.4 Å². The van der Waals surface area contributed by atoms with Crippen LogP contribution in [-0.2, 0) is 24.2 Å². The number of aryl methyl sites for hydroxylation is 2. The SMILES string of the molecule is Cc1noc(C)c1CC(=O)NCCc1ccc(OCc2ccccc2)cc1. The number of rotatable bonds is 8. The second-order valence-corrected chi connectivity index (χ2v) is 6.50. The fourth-order valence-electron chi connectivity index (χ4n) is 2.82. The van der Waals surface area contributed by atoms with E-state index in [0.717, 1.165) is 34.6 Å². The summed E-state index contributed by atoms with van der Waals surface area (Å²) in [6.45, 7) is 4.81. The van der Waals surface area contributed by atoms with Crippen molar-refractivity contribution in [2.75, 3.05) is 6.54 Å². The summed E-state index contributed by atoms with van der Waals surface area (Å²) >= 11 is 0. The zero-order valence-electron chi connectivity index (χ0n) is 15.7. The van der Waals surface area contributed by atoms with E-state index in [1.165, 1.54) is 0 Å². The Bertz CT molecular complexity index is 851.